The van der Waals surface area contributed by atoms with Crippen LogP contribution >= 0.6 is 0 Å². The van der Waals surface area contributed by atoms with Gasteiger partial charge in [0.25, 0.3) is 0 Å². The van der Waals surface area contributed by atoms with E-state index >= 15 is 0 Å². The Bertz CT molecular complexity index is 605. The number of hydrogen-bond acceptors (Lipinski definition) is 3. The van der Waals surface area contributed by atoms with Crippen LogP contribution in [0.15, 0.2) is 46.8 Å². The number of alkyl halides is 2. The average molecular weight is 276 g/mol. The Hall–Kier alpha value is -2.25. The van der Waals surface area contributed by atoms with Gasteiger partial charge in [0.05, 0.1) is 0 Å². The van der Waals surface area contributed by atoms with Crippen molar-refractivity contribution < 1.29 is 26.5 Å². The molecule has 1 heterocycles. The molecule has 2 aromatic rings. The lowest BCUT2D eigenvalue weighted by atomic mass is 10.2. The molecule has 8 heteroatoms. The Labute approximate surface area is 103 Å². The molecule has 0 aliphatic carbocycles. The van der Waals surface area contributed by atoms with E-state index in [1.807, 2.05) is 0 Å². The molecule has 1 aromatic carbocycles. The highest BCUT2D eigenvalue weighted by atomic mass is 19.3. The Balaban J connectivity index is 2.40. The van der Waals surface area contributed by atoms with Crippen molar-refractivity contribution in [2.24, 2.45) is 0 Å². The summed E-state index contributed by atoms with van der Waals surface area (Å²) in [5.74, 6) is -9.34. The van der Waals surface area contributed by atoms with Crippen molar-refractivity contribution >= 4 is 0 Å². The summed E-state index contributed by atoms with van der Waals surface area (Å²) in [6, 6.07) is 7.83. The highest BCUT2D eigenvalue weighted by Crippen LogP contribution is 2.38. The van der Waals surface area contributed by atoms with Crippen molar-refractivity contribution in [1.29, 1.82) is 0 Å². The van der Waals surface area contributed by atoms with Crippen LogP contribution in [0.4, 0.5) is 22.0 Å². The van der Waals surface area contributed by atoms with E-state index in [1.54, 1.807) is 18.2 Å². The molecule has 0 unspecified atom stereocenters. The van der Waals surface area contributed by atoms with Crippen LogP contribution < -0.4 is 0 Å². The molecule has 0 amide bonds. The van der Waals surface area contributed by atoms with Crippen LogP contribution in [0.2, 0.25) is 0 Å². The number of nitrogens with zero attached hydrogens (tertiary/aromatic N) is 2. The zero-order valence-electron chi connectivity index (χ0n) is 9.08. The Morgan fingerprint density at radius 2 is 1.68 bits per heavy atom. The highest BCUT2D eigenvalue weighted by molar-refractivity contribution is 5.53. The Morgan fingerprint density at radius 3 is 2.26 bits per heavy atom. The third-order valence-corrected chi connectivity index (χ3v) is 2.17. The molecule has 0 atom stereocenters. The number of rotatable bonds is 3. The Morgan fingerprint density at radius 1 is 1.05 bits per heavy atom. The highest BCUT2D eigenvalue weighted by Gasteiger charge is 2.47. The molecule has 3 nitrogen and oxygen atoms in total. The second-order valence-electron chi connectivity index (χ2n) is 3.44. The van der Waals surface area contributed by atoms with E-state index in [9.17, 15) is 22.0 Å². The maximum atomic E-state index is 13.2. The van der Waals surface area contributed by atoms with Crippen molar-refractivity contribution in [1.82, 2.24) is 10.1 Å². The molecule has 100 valence electrons. The molecule has 0 saturated carbocycles. The second-order valence-corrected chi connectivity index (χ2v) is 3.44. The molecule has 0 N–H and O–H groups in total. The van der Waals surface area contributed by atoms with E-state index in [2.05, 4.69) is 14.7 Å². The second kappa shape index (κ2) is 4.79. The molecule has 1 aromatic heterocycles. The first-order chi connectivity index (χ1) is 8.93. The predicted octanol–water partition coefficient (Wildman–Crippen LogP) is 3.91. The van der Waals surface area contributed by atoms with Gasteiger partial charge in [-0.05, 0) is 0 Å². The number of aromatic nitrogens is 2. The summed E-state index contributed by atoms with van der Waals surface area (Å²) < 4.78 is 67.0. The van der Waals surface area contributed by atoms with Crippen LogP contribution in [-0.4, -0.2) is 10.1 Å². The topological polar surface area (TPSA) is 38.9 Å². The molecular formula is C11H5F5N2O. The van der Waals surface area contributed by atoms with E-state index in [4.69, 9.17) is 0 Å². The lowest BCUT2D eigenvalue weighted by Crippen LogP contribution is -2.15. The van der Waals surface area contributed by atoms with Gasteiger partial charge in [-0.1, -0.05) is 35.5 Å². The fourth-order valence-electron chi connectivity index (χ4n) is 1.27. The van der Waals surface area contributed by atoms with Gasteiger partial charge < -0.3 is 4.52 Å². The first-order valence-electron chi connectivity index (χ1n) is 4.91. The molecule has 2 rings (SSSR count). The van der Waals surface area contributed by atoms with E-state index in [-0.39, 0.29) is 5.82 Å². The van der Waals surface area contributed by atoms with Crippen molar-refractivity contribution in [3.63, 3.8) is 0 Å². The van der Waals surface area contributed by atoms with Gasteiger partial charge in [-0.15, -0.1) is 0 Å². The van der Waals surface area contributed by atoms with Crippen molar-refractivity contribution in [2.75, 3.05) is 0 Å². The molecule has 0 spiro atoms. The SMILES string of the molecule is FC(F)=C(F)C(F)(F)c1nc(-c2ccccc2)no1. The van der Waals surface area contributed by atoms with Crippen LogP contribution in [-0.2, 0) is 5.92 Å². The fraction of sp³-hybridized carbons (Fsp3) is 0.0909. The minimum atomic E-state index is -4.65. The van der Waals surface area contributed by atoms with E-state index in [1.165, 1.54) is 12.1 Å². The smallest absolute Gasteiger partial charge is 0.332 e. The maximum Gasteiger partial charge on any atom is 0.380 e. The zero-order chi connectivity index (χ0) is 14.0. The van der Waals surface area contributed by atoms with Crippen molar-refractivity contribution in [2.45, 2.75) is 5.92 Å². The molecule has 0 saturated heterocycles. The summed E-state index contributed by atoms with van der Waals surface area (Å²) in [7, 11) is 0. The molecule has 0 aliphatic rings. The number of halogens is 5. The van der Waals surface area contributed by atoms with Gasteiger partial charge in [0.1, 0.15) is 0 Å². The van der Waals surface area contributed by atoms with Gasteiger partial charge >= 0.3 is 17.9 Å². The largest absolute Gasteiger partial charge is 0.380 e. The van der Waals surface area contributed by atoms with Crippen LogP contribution in [0, 0.1) is 0 Å². The summed E-state index contributed by atoms with van der Waals surface area (Å²) >= 11 is 0. The average Bonchev–Trinajstić information content (AvgIpc) is 2.89. The quantitative estimate of drug-likeness (QED) is 0.798. The van der Waals surface area contributed by atoms with Crippen LogP contribution in [0.5, 0.6) is 0 Å². The summed E-state index contributed by atoms with van der Waals surface area (Å²) in [6.07, 6.45) is -3.13. The van der Waals surface area contributed by atoms with Crippen LogP contribution in [0.1, 0.15) is 5.89 Å². The number of hydrogen-bond donors (Lipinski definition) is 0. The van der Waals surface area contributed by atoms with Gasteiger partial charge in [-0.25, -0.2) is 0 Å². The van der Waals surface area contributed by atoms with E-state index < -0.39 is 23.7 Å². The fourth-order valence-corrected chi connectivity index (χ4v) is 1.27. The molecule has 19 heavy (non-hydrogen) atoms. The summed E-state index contributed by atoms with van der Waals surface area (Å²) in [6.45, 7) is 0. The number of allylic oxidation sites excluding steroid dienone is 1. The third kappa shape index (κ3) is 2.47. The predicted molar refractivity (Wildman–Crippen MR) is 54.0 cm³/mol. The van der Waals surface area contributed by atoms with E-state index in [0.717, 1.165) is 0 Å². The minimum Gasteiger partial charge on any atom is -0.332 e. The first kappa shape index (κ1) is 13.2. The molecule has 0 bridgehead atoms. The summed E-state index contributed by atoms with van der Waals surface area (Å²) in [5.41, 5.74) is 0.332. The molecule has 0 fully saturated rings. The van der Waals surface area contributed by atoms with Gasteiger partial charge in [-0.3, -0.25) is 0 Å². The molecule has 0 radical (unpaired) electrons. The van der Waals surface area contributed by atoms with Crippen molar-refractivity contribution in [3.8, 4) is 11.4 Å². The van der Waals surface area contributed by atoms with Crippen molar-refractivity contribution in [3.05, 3.63) is 48.1 Å². The lowest BCUT2D eigenvalue weighted by Gasteiger charge is -2.06. The van der Waals surface area contributed by atoms with Gasteiger partial charge in [0, 0.05) is 5.56 Å². The van der Waals surface area contributed by atoms with Crippen LogP contribution in [0.25, 0.3) is 11.4 Å². The number of benzene rings is 1. The normalized spacial score (nSPS) is 11.4. The lowest BCUT2D eigenvalue weighted by molar-refractivity contribution is -0.0241. The van der Waals surface area contributed by atoms with Gasteiger partial charge in [0.15, 0.2) is 0 Å². The first-order valence-corrected chi connectivity index (χ1v) is 4.91. The molecular weight excluding hydrogens is 271 g/mol. The summed E-state index contributed by atoms with van der Waals surface area (Å²) in [5, 5.41) is 3.19. The van der Waals surface area contributed by atoms with Crippen LogP contribution in [0.3, 0.4) is 0 Å². The maximum absolute atomic E-state index is 13.2. The Kier molecular flexibility index (Phi) is 3.32. The molecule has 0 aliphatic heterocycles. The third-order valence-electron chi connectivity index (χ3n) is 2.17. The standard InChI is InChI=1S/C11H5F5N2O/c12-7(8(13)14)11(15,16)10-17-9(18-19-10)6-4-2-1-3-5-6/h1-5H. The van der Waals surface area contributed by atoms with Gasteiger partial charge in [0.2, 0.25) is 11.7 Å². The van der Waals surface area contributed by atoms with Gasteiger partial charge in [-0.2, -0.15) is 26.9 Å². The van der Waals surface area contributed by atoms with E-state index in [0.29, 0.717) is 5.56 Å². The minimum absolute atomic E-state index is 0.248. The monoisotopic (exact) mass is 276 g/mol. The zero-order valence-corrected chi connectivity index (χ0v) is 9.08. The summed E-state index contributed by atoms with van der Waals surface area (Å²) in [4.78, 5) is 3.22.